The number of aliphatic carboxylic acids is 1. The Bertz CT molecular complexity index is 1180. The first-order valence-corrected chi connectivity index (χ1v) is 11.5. The molecule has 0 bridgehead atoms. The number of aromatic nitrogens is 2. The van der Waals surface area contributed by atoms with Crippen molar-refractivity contribution >= 4 is 23.7 Å². The molecule has 1 saturated carbocycles. The molecule has 12 nitrogen and oxygen atoms in total. The van der Waals surface area contributed by atoms with Gasteiger partial charge in [0, 0.05) is 23.9 Å². The number of carboxylic acids is 1. The van der Waals surface area contributed by atoms with Gasteiger partial charge in [-0.25, -0.2) is 9.78 Å². The first kappa shape index (κ1) is 29.9. The van der Waals surface area contributed by atoms with E-state index in [0.717, 1.165) is 19.3 Å². The van der Waals surface area contributed by atoms with Gasteiger partial charge < -0.3 is 32.0 Å². The fraction of sp³-hybridized carbons (Fsp3) is 0.435. The summed E-state index contributed by atoms with van der Waals surface area (Å²) in [5.41, 5.74) is 11.8. The fourth-order valence-corrected chi connectivity index (χ4v) is 3.66. The number of carbonyl (C=O) groups is 2. The van der Waals surface area contributed by atoms with Gasteiger partial charge in [-0.1, -0.05) is 36.8 Å². The summed E-state index contributed by atoms with van der Waals surface area (Å²) in [5, 5.41) is 16.4. The number of guanidine groups is 1. The third-order valence-electron chi connectivity index (χ3n) is 5.77. The van der Waals surface area contributed by atoms with E-state index in [4.69, 9.17) is 26.2 Å². The van der Waals surface area contributed by atoms with Crippen molar-refractivity contribution in [2.45, 2.75) is 44.3 Å². The number of anilines is 1. The lowest BCUT2D eigenvalue weighted by Crippen LogP contribution is -2.42. The minimum atomic E-state index is -5.08. The SMILES string of the molecule is Cc1cnc(NCC2(c3ccccc3)CCC2)c(=O)n1CC(=O)NCCON=C(N)N.O=C(O)C(F)(F)F. The second-order valence-electron chi connectivity index (χ2n) is 8.50. The van der Waals surface area contributed by atoms with E-state index in [2.05, 4.69) is 32.9 Å². The Morgan fingerprint density at radius 1 is 1.24 bits per heavy atom. The normalized spacial score (nSPS) is 13.7. The summed E-state index contributed by atoms with van der Waals surface area (Å²) in [4.78, 5) is 43.1. The molecule has 2 aromatic rings. The molecular formula is C23H30F3N7O5. The predicted molar refractivity (Wildman–Crippen MR) is 132 cm³/mol. The molecule has 1 fully saturated rings. The number of benzene rings is 1. The first-order chi connectivity index (χ1) is 17.9. The number of carboxylic acid groups (broad SMARTS) is 1. The minimum Gasteiger partial charge on any atom is -0.475 e. The van der Waals surface area contributed by atoms with Crippen LogP contribution in [0.1, 0.15) is 30.5 Å². The third-order valence-corrected chi connectivity index (χ3v) is 5.77. The van der Waals surface area contributed by atoms with E-state index in [1.165, 1.54) is 10.1 Å². The van der Waals surface area contributed by atoms with Crippen molar-refractivity contribution in [3.05, 3.63) is 58.1 Å². The van der Waals surface area contributed by atoms with Gasteiger partial charge in [0.15, 0.2) is 5.82 Å². The molecular weight excluding hydrogens is 511 g/mol. The Kier molecular flexibility index (Phi) is 10.5. The van der Waals surface area contributed by atoms with Crippen LogP contribution in [0.3, 0.4) is 0 Å². The summed E-state index contributed by atoms with van der Waals surface area (Å²) in [6.45, 7) is 2.57. The molecule has 0 spiro atoms. The quantitative estimate of drug-likeness (QED) is 0.127. The van der Waals surface area contributed by atoms with Crippen LogP contribution >= 0.6 is 0 Å². The molecule has 1 aliphatic rings. The molecule has 1 amide bonds. The highest BCUT2D eigenvalue weighted by Gasteiger charge is 2.39. The number of rotatable bonds is 10. The lowest BCUT2D eigenvalue weighted by molar-refractivity contribution is -0.192. The molecule has 7 N–H and O–H groups in total. The topological polar surface area (TPSA) is 187 Å². The molecule has 0 saturated heterocycles. The van der Waals surface area contributed by atoms with Crippen LogP contribution in [-0.2, 0) is 26.4 Å². The van der Waals surface area contributed by atoms with E-state index in [1.54, 1.807) is 13.1 Å². The van der Waals surface area contributed by atoms with Crippen LogP contribution in [0.2, 0.25) is 0 Å². The van der Waals surface area contributed by atoms with Gasteiger partial charge in [-0.3, -0.25) is 14.2 Å². The van der Waals surface area contributed by atoms with E-state index in [9.17, 15) is 22.8 Å². The molecule has 208 valence electrons. The average Bonchev–Trinajstić information content (AvgIpc) is 2.82. The molecule has 1 aromatic carbocycles. The molecule has 0 atom stereocenters. The molecule has 1 aliphatic carbocycles. The Labute approximate surface area is 215 Å². The van der Waals surface area contributed by atoms with Crippen LogP contribution in [0.5, 0.6) is 0 Å². The van der Waals surface area contributed by atoms with Gasteiger partial charge in [-0.2, -0.15) is 13.2 Å². The smallest absolute Gasteiger partial charge is 0.475 e. The number of oxime groups is 1. The summed E-state index contributed by atoms with van der Waals surface area (Å²) >= 11 is 0. The van der Waals surface area contributed by atoms with Crippen LogP contribution in [0.4, 0.5) is 19.0 Å². The lowest BCUT2D eigenvalue weighted by atomic mass is 9.64. The molecule has 15 heteroatoms. The molecule has 0 aliphatic heterocycles. The van der Waals surface area contributed by atoms with Crippen LogP contribution in [0.25, 0.3) is 0 Å². The number of aryl methyl sites for hydroxylation is 1. The van der Waals surface area contributed by atoms with Gasteiger partial charge in [0.05, 0.1) is 6.54 Å². The van der Waals surface area contributed by atoms with Crippen molar-refractivity contribution in [3.8, 4) is 0 Å². The standard InChI is InChI=1S/C21H29N7O3.C2HF3O2/c1-15-12-25-18(26-14-21(8-5-9-21)16-6-3-2-4-7-16)19(30)28(15)13-17(29)24-10-11-31-27-20(22)23;3-2(4,5)1(6)7/h2-4,6-7,12H,5,8-11,13-14H2,1H3,(H,24,29)(H,25,26)(H4,22,23,27);(H,6,7). The monoisotopic (exact) mass is 541 g/mol. The maximum atomic E-state index is 12.9. The summed E-state index contributed by atoms with van der Waals surface area (Å²) in [6, 6.07) is 10.3. The Morgan fingerprint density at radius 3 is 2.39 bits per heavy atom. The van der Waals surface area contributed by atoms with Gasteiger partial charge in [-0.15, -0.1) is 0 Å². The van der Waals surface area contributed by atoms with Crippen molar-refractivity contribution in [2.24, 2.45) is 16.6 Å². The van der Waals surface area contributed by atoms with Gasteiger partial charge in [0.1, 0.15) is 13.2 Å². The number of nitrogens with two attached hydrogens (primary N) is 2. The largest absolute Gasteiger partial charge is 0.490 e. The van der Waals surface area contributed by atoms with Crippen LogP contribution in [-0.4, -0.2) is 58.4 Å². The van der Waals surface area contributed by atoms with Gasteiger partial charge in [-0.05, 0) is 30.5 Å². The highest BCUT2D eigenvalue weighted by molar-refractivity contribution is 5.76. The zero-order valence-electron chi connectivity index (χ0n) is 20.6. The summed E-state index contributed by atoms with van der Waals surface area (Å²) in [7, 11) is 0. The summed E-state index contributed by atoms with van der Waals surface area (Å²) in [6.07, 6.45) is -0.202. The zero-order chi connectivity index (χ0) is 28.3. The zero-order valence-corrected chi connectivity index (χ0v) is 20.6. The van der Waals surface area contributed by atoms with Crippen molar-refractivity contribution in [3.63, 3.8) is 0 Å². The summed E-state index contributed by atoms with van der Waals surface area (Å²) < 4.78 is 33.1. The lowest BCUT2D eigenvalue weighted by Gasteiger charge is -2.42. The van der Waals surface area contributed by atoms with Gasteiger partial charge >= 0.3 is 12.1 Å². The number of carbonyl (C=O) groups excluding carboxylic acids is 1. The van der Waals surface area contributed by atoms with Crippen molar-refractivity contribution < 1.29 is 32.7 Å². The fourth-order valence-electron chi connectivity index (χ4n) is 3.66. The van der Waals surface area contributed by atoms with Crippen molar-refractivity contribution in [1.82, 2.24) is 14.9 Å². The van der Waals surface area contributed by atoms with Crippen molar-refractivity contribution in [1.29, 1.82) is 0 Å². The number of alkyl halides is 3. The van der Waals surface area contributed by atoms with Crippen LogP contribution in [0.15, 0.2) is 46.5 Å². The number of amides is 1. The molecule has 38 heavy (non-hydrogen) atoms. The van der Waals surface area contributed by atoms with E-state index in [0.29, 0.717) is 12.2 Å². The highest BCUT2D eigenvalue weighted by atomic mass is 19.4. The third kappa shape index (κ3) is 8.67. The number of nitrogens with one attached hydrogen (secondary N) is 2. The van der Waals surface area contributed by atoms with Gasteiger partial charge in [0.2, 0.25) is 11.9 Å². The molecule has 0 radical (unpaired) electrons. The second kappa shape index (κ2) is 13.3. The average molecular weight is 542 g/mol. The Balaban J connectivity index is 0.000000638. The van der Waals surface area contributed by atoms with Crippen molar-refractivity contribution in [2.75, 3.05) is 25.0 Å². The maximum absolute atomic E-state index is 12.9. The Hall–Kier alpha value is -4.30. The number of nitrogens with zero attached hydrogens (tertiary/aromatic N) is 3. The number of halogens is 3. The predicted octanol–water partition coefficient (Wildman–Crippen LogP) is 1.04. The minimum absolute atomic E-state index is 0.0118. The summed E-state index contributed by atoms with van der Waals surface area (Å²) in [5.74, 6) is -3.03. The van der Waals surface area contributed by atoms with E-state index in [1.807, 2.05) is 18.2 Å². The first-order valence-electron chi connectivity index (χ1n) is 11.5. The maximum Gasteiger partial charge on any atom is 0.490 e. The number of hydrogen-bond acceptors (Lipinski definition) is 7. The van der Waals surface area contributed by atoms with Gasteiger partial charge in [0.25, 0.3) is 5.56 Å². The van der Waals surface area contributed by atoms with E-state index < -0.39 is 12.1 Å². The number of hydrogen-bond donors (Lipinski definition) is 5. The molecule has 1 heterocycles. The highest BCUT2D eigenvalue weighted by Crippen LogP contribution is 2.43. The van der Waals surface area contributed by atoms with Crippen LogP contribution in [0, 0.1) is 6.92 Å². The molecule has 3 rings (SSSR count). The van der Waals surface area contributed by atoms with E-state index in [-0.39, 0.29) is 48.4 Å². The molecule has 0 unspecified atom stereocenters. The molecule has 1 aromatic heterocycles. The second-order valence-corrected chi connectivity index (χ2v) is 8.50. The Morgan fingerprint density at radius 2 is 1.87 bits per heavy atom. The van der Waals surface area contributed by atoms with E-state index >= 15 is 0 Å². The van der Waals surface area contributed by atoms with Crippen LogP contribution < -0.4 is 27.7 Å².